The molecule has 2 rings (SSSR count). The Morgan fingerprint density at radius 3 is 3.00 bits per heavy atom. The van der Waals surface area contributed by atoms with Crippen LogP contribution in [-0.2, 0) is 4.74 Å². The Kier molecular flexibility index (Phi) is 5.04. The molecule has 100 valence electrons. The highest BCUT2D eigenvalue weighted by atomic mass is 79.9. The first-order chi connectivity index (χ1) is 8.61. The number of benzene rings is 1. The van der Waals surface area contributed by atoms with Crippen LogP contribution >= 0.6 is 27.5 Å². The zero-order valence-electron chi connectivity index (χ0n) is 10.4. The Morgan fingerprint density at radius 1 is 1.61 bits per heavy atom. The molecule has 2 unspecified atom stereocenters. The van der Waals surface area contributed by atoms with Crippen molar-refractivity contribution in [3.8, 4) is 0 Å². The summed E-state index contributed by atoms with van der Waals surface area (Å²) in [4.78, 5) is 2.38. The second-order valence-electron chi connectivity index (χ2n) is 4.59. The number of morpholine rings is 1. The van der Waals surface area contributed by atoms with Gasteiger partial charge >= 0.3 is 0 Å². The minimum atomic E-state index is 0.211. The fourth-order valence-corrected chi connectivity index (χ4v) is 3.32. The molecule has 1 aromatic carbocycles. The van der Waals surface area contributed by atoms with Crippen molar-refractivity contribution in [2.75, 3.05) is 26.2 Å². The maximum absolute atomic E-state index is 5.98. The molecule has 1 aromatic rings. The zero-order chi connectivity index (χ0) is 13.1. The number of hydrogen-bond donors (Lipinski definition) is 1. The first-order valence-corrected chi connectivity index (χ1v) is 7.29. The van der Waals surface area contributed by atoms with Gasteiger partial charge in [-0.25, -0.2) is 0 Å². The lowest BCUT2D eigenvalue weighted by Gasteiger charge is -2.37. The normalized spacial score (nSPS) is 23.0. The summed E-state index contributed by atoms with van der Waals surface area (Å²) in [6.45, 7) is 5.28. The molecule has 0 spiro atoms. The lowest BCUT2D eigenvalue weighted by Crippen LogP contribution is -2.45. The molecule has 0 aliphatic carbocycles. The molecule has 3 nitrogen and oxygen atoms in total. The molecule has 5 heteroatoms. The summed E-state index contributed by atoms with van der Waals surface area (Å²) in [5, 5.41) is 0.733. The van der Waals surface area contributed by atoms with E-state index in [2.05, 4.69) is 27.8 Å². The summed E-state index contributed by atoms with van der Waals surface area (Å²) in [5.74, 6) is 0. The third kappa shape index (κ3) is 3.25. The van der Waals surface area contributed by atoms with Gasteiger partial charge in [-0.1, -0.05) is 33.6 Å². The Labute approximate surface area is 121 Å². The molecule has 1 aliphatic rings. The number of nitrogens with two attached hydrogens (primary N) is 1. The molecule has 0 amide bonds. The van der Waals surface area contributed by atoms with Crippen LogP contribution in [0, 0.1) is 0 Å². The van der Waals surface area contributed by atoms with Crippen molar-refractivity contribution in [1.29, 1.82) is 0 Å². The van der Waals surface area contributed by atoms with E-state index < -0.39 is 0 Å². The average molecular weight is 334 g/mol. The van der Waals surface area contributed by atoms with Crippen LogP contribution < -0.4 is 5.73 Å². The molecular weight excluding hydrogens is 316 g/mol. The highest BCUT2D eigenvalue weighted by molar-refractivity contribution is 9.10. The first kappa shape index (κ1) is 14.3. The number of halogens is 2. The third-order valence-electron chi connectivity index (χ3n) is 3.26. The molecular formula is C13H18BrClN2O. The topological polar surface area (TPSA) is 38.5 Å². The van der Waals surface area contributed by atoms with Gasteiger partial charge in [-0.05, 0) is 24.6 Å². The summed E-state index contributed by atoms with van der Waals surface area (Å²) < 4.78 is 6.59. The van der Waals surface area contributed by atoms with Crippen LogP contribution in [0.2, 0.25) is 5.02 Å². The van der Waals surface area contributed by atoms with E-state index in [1.54, 1.807) is 0 Å². The Hall–Kier alpha value is -0.130. The molecule has 0 bridgehead atoms. The Morgan fingerprint density at radius 2 is 2.39 bits per heavy atom. The van der Waals surface area contributed by atoms with Gasteiger partial charge < -0.3 is 10.5 Å². The van der Waals surface area contributed by atoms with Gasteiger partial charge in [0.05, 0.1) is 12.7 Å². The van der Waals surface area contributed by atoms with E-state index in [0.29, 0.717) is 6.54 Å². The summed E-state index contributed by atoms with van der Waals surface area (Å²) in [6, 6.07) is 6.09. The molecule has 1 heterocycles. The van der Waals surface area contributed by atoms with E-state index in [4.69, 9.17) is 22.1 Å². The van der Waals surface area contributed by atoms with Gasteiger partial charge in [0, 0.05) is 35.2 Å². The van der Waals surface area contributed by atoms with Crippen LogP contribution in [0.5, 0.6) is 0 Å². The minimum Gasteiger partial charge on any atom is -0.376 e. The van der Waals surface area contributed by atoms with Crippen molar-refractivity contribution in [1.82, 2.24) is 4.90 Å². The second-order valence-corrected chi connectivity index (χ2v) is 5.88. The minimum absolute atomic E-state index is 0.211. The first-order valence-electron chi connectivity index (χ1n) is 6.12. The summed E-state index contributed by atoms with van der Waals surface area (Å²) in [7, 11) is 0. The highest BCUT2D eigenvalue weighted by Gasteiger charge is 2.25. The second kappa shape index (κ2) is 6.35. The quantitative estimate of drug-likeness (QED) is 0.924. The van der Waals surface area contributed by atoms with Crippen LogP contribution in [0.4, 0.5) is 0 Å². The van der Waals surface area contributed by atoms with Crippen molar-refractivity contribution >= 4 is 27.5 Å². The monoisotopic (exact) mass is 332 g/mol. The molecule has 0 radical (unpaired) electrons. The fraction of sp³-hybridized carbons (Fsp3) is 0.538. The van der Waals surface area contributed by atoms with Crippen molar-refractivity contribution < 1.29 is 4.74 Å². The maximum atomic E-state index is 5.98. The predicted molar refractivity (Wildman–Crippen MR) is 77.9 cm³/mol. The van der Waals surface area contributed by atoms with Crippen LogP contribution in [0.25, 0.3) is 0 Å². The lowest BCUT2D eigenvalue weighted by molar-refractivity contribution is -0.0333. The van der Waals surface area contributed by atoms with E-state index in [-0.39, 0.29) is 12.1 Å². The van der Waals surface area contributed by atoms with Crippen LogP contribution in [0.3, 0.4) is 0 Å². The van der Waals surface area contributed by atoms with Gasteiger partial charge in [-0.2, -0.15) is 0 Å². The van der Waals surface area contributed by atoms with E-state index in [1.165, 1.54) is 5.56 Å². The lowest BCUT2D eigenvalue weighted by atomic mass is 10.0. The van der Waals surface area contributed by atoms with E-state index >= 15 is 0 Å². The molecule has 1 aliphatic heterocycles. The number of nitrogens with zero attached hydrogens (tertiary/aromatic N) is 1. The SMILES string of the molecule is CC1CN(C(CN)c2ccc(Cl)cc2Br)CCO1. The number of rotatable bonds is 3. The summed E-state index contributed by atoms with van der Waals surface area (Å²) in [5.41, 5.74) is 7.14. The van der Waals surface area contributed by atoms with Crippen LogP contribution in [-0.4, -0.2) is 37.2 Å². The smallest absolute Gasteiger partial charge is 0.0674 e. The van der Waals surface area contributed by atoms with Gasteiger partial charge in [0.1, 0.15) is 0 Å². The van der Waals surface area contributed by atoms with Crippen molar-refractivity contribution in [3.05, 3.63) is 33.3 Å². The molecule has 0 aromatic heterocycles. The van der Waals surface area contributed by atoms with E-state index in [1.807, 2.05) is 18.2 Å². The van der Waals surface area contributed by atoms with Crippen molar-refractivity contribution in [2.45, 2.75) is 19.1 Å². The van der Waals surface area contributed by atoms with Crippen LogP contribution in [0.15, 0.2) is 22.7 Å². The molecule has 1 saturated heterocycles. The van der Waals surface area contributed by atoms with Crippen molar-refractivity contribution in [2.24, 2.45) is 5.73 Å². The largest absolute Gasteiger partial charge is 0.376 e. The third-order valence-corrected chi connectivity index (χ3v) is 4.18. The average Bonchev–Trinajstić information content (AvgIpc) is 2.33. The Bertz CT molecular complexity index is 416. The Balaban J connectivity index is 2.21. The van der Waals surface area contributed by atoms with Crippen molar-refractivity contribution in [3.63, 3.8) is 0 Å². The standard InChI is InChI=1S/C13H18BrClN2O/c1-9-8-17(4-5-18-9)13(7-16)11-3-2-10(15)6-12(11)14/h2-3,6,9,13H,4-5,7-8,16H2,1H3. The number of ether oxygens (including phenoxy) is 1. The van der Waals surface area contributed by atoms with Gasteiger partial charge in [-0.15, -0.1) is 0 Å². The molecule has 1 fully saturated rings. The molecule has 0 saturated carbocycles. The van der Waals surface area contributed by atoms with E-state index in [9.17, 15) is 0 Å². The fourth-order valence-electron chi connectivity index (χ4n) is 2.37. The van der Waals surface area contributed by atoms with Gasteiger partial charge in [-0.3, -0.25) is 4.90 Å². The van der Waals surface area contributed by atoms with E-state index in [0.717, 1.165) is 29.2 Å². The van der Waals surface area contributed by atoms with Gasteiger partial charge in [0.15, 0.2) is 0 Å². The van der Waals surface area contributed by atoms with Crippen LogP contribution in [0.1, 0.15) is 18.5 Å². The molecule has 2 atom stereocenters. The van der Waals surface area contributed by atoms with Gasteiger partial charge in [0.25, 0.3) is 0 Å². The predicted octanol–water partition coefficient (Wildman–Crippen LogP) is 2.82. The molecule has 18 heavy (non-hydrogen) atoms. The maximum Gasteiger partial charge on any atom is 0.0674 e. The molecule has 2 N–H and O–H groups in total. The zero-order valence-corrected chi connectivity index (χ0v) is 12.7. The summed E-state index contributed by atoms with van der Waals surface area (Å²) >= 11 is 9.55. The summed E-state index contributed by atoms with van der Waals surface area (Å²) in [6.07, 6.45) is 0.263. The van der Waals surface area contributed by atoms with Gasteiger partial charge in [0.2, 0.25) is 0 Å². The highest BCUT2D eigenvalue weighted by Crippen LogP contribution is 2.30. The number of hydrogen-bond acceptors (Lipinski definition) is 3.